The molecule has 3 aromatic rings. The van der Waals surface area contributed by atoms with Crippen molar-refractivity contribution in [3.05, 3.63) is 77.6 Å². The van der Waals surface area contributed by atoms with E-state index in [1.54, 1.807) is 11.8 Å². The van der Waals surface area contributed by atoms with Crippen LogP contribution in [0.5, 0.6) is 0 Å². The summed E-state index contributed by atoms with van der Waals surface area (Å²) >= 11 is 0. The van der Waals surface area contributed by atoms with E-state index in [1.807, 2.05) is 13.2 Å². The standard InChI is InChI=1S/C22H24N2O/c1-17(25)24(2)15-5-6-18-9-11-19(12-10-18)16-22-21-8-4-3-7-20(21)13-14-23-22/h3-4,7-14H,5-6,15-16H2,1-2H3. The van der Waals surface area contributed by atoms with Gasteiger partial charge >= 0.3 is 0 Å². The fraction of sp³-hybridized carbons (Fsp3) is 0.273. The maximum Gasteiger partial charge on any atom is 0.219 e. The lowest BCUT2D eigenvalue weighted by Crippen LogP contribution is -2.25. The summed E-state index contributed by atoms with van der Waals surface area (Å²) in [5.41, 5.74) is 3.70. The molecule has 0 radical (unpaired) electrons. The van der Waals surface area contributed by atoms with Gasteiger partial charge in [-0.05, 0) is 35.4 Å². The van der Waals surface area contributed by atoms with Crippen LogP contribution in [0.4, 0.5) is 0 Å². The summed E-state index contributed by atoms with van der Waals surface area (Å²) < 4.78 is 0. The predicted octanol–water partition coefficient (Wildman–Crippen LogP) is 4.24. The van der Waals surface area contributed by atoms with E-state index in [-0.39, 0.29) is 5.91 Å². The van der Waals surface area contributed by atoms with Crippen LogP contribution in [0.3, 0.4) is 0 Å². The van der Waals surface area contributed by atoms with E-state index in [0.717, 1.165) is 31.5 Å². The maximum absolute atomic E-state index is 11.2. The van der Waals surface area contributed by atoms with E-state index < -0.39 is 0 Å². The molecule has 0 aliphatic carbocycles. The maximum atomic E-state index is 11.2. The molecule has 25 heavy (non-hydrogen) atoms. The van der Waals surface area contributed by atoms with E-state index in [0.29, 0.717) is 0 Å². The third kappa shape index (κ3) is 4.44. The molecule has 2 aromatic carbocycles. The minimum Gasteiger partial charge on any atom is -0.346 e. The molecule has 3 nitrogen and oxygen atoms in total. The van der Waals surface area contributed by atoms with E-state index in [2.05, 4.69) is 59.6 Å². The first-order valence-corrected chi connectivity index (χ1v) is 8.75. The van der Waals surface area contributed by atoms with Gasteiger partial charge in [0.25, 0.3) is 0 Å². The van der Waals surface area contributed by atoms with Crippen molar-refractivity contribution in [2.45, 2.75) is 26.2 Å². The minimum absolute atomic E-state index is 0.123. The van der Waals surface area contributed by atoms with E-state index >= 15 is 0 Å². The van der Waals surface area contributed by atoms with Gasteiger partial charge in [0.15, 0.2) is 0 Å². The first-order valence-electron chi connectivity index (χ1n) is 8.75. The Bertz CT molecular complexity index is 850. The number of pyridine rings is 1. The molecule has 0 aliphatic heterocycles. The van der Waals surface area contributed by atoms with Crippen LogP contribution < -0.4 is 0 Å². The summed E-state index contributed by atoms with van der Waals surface area (Å²) in [7, 11) is 1.85. The summed E-state index contributed by atoms with van der Waals surface area (Å²) in [4.78, 5) is 17.6. The van der Waals surface area contributed by atoms with Gasteiger partial charge in [0.05, 0.1) is 5.69 Å². The van der Waals surface area contributed by atoms with Gasteiger partial charge in [-0.15, -0.1) is 0 Å². The Labute approximate surface area is 149 Å². The fourth-order valence-electron chi connectivity index (χ4n) is 3.02. The van der Waals surface area contributed by atoms with Crippen molar-refractivity contribution in [2.75, 3.05) is 13.6 Å². The van der Waals surface area contributed by atoms with Gasteiger partial charge in [0.1, 0.15) is 0 Å². The van der Waals surface area contributed by atoms with Crippen molar-refractivity contribution >= 4 is 16.7 Å². The number of fused-ring (bicyclic) bond motifs is 1. The molecule has 3 heteroatoms. The lowest BCUT2D eigenvalue weighted by Gasteiger charge is -2.14. The van der Waals surface area contributed by atoms with Gasteiger partial charge in [-0.2, -0.15) is 0 Å². The van der Waals surface area contributed by atoms with Crippen LogP contribution in [0, 0.1) is 0 Å². The highest BCUT2D eigenvalue weighted by Crippen LogP contribution is 2.19. The zero-order chi connectivity index (χ0) is 17.6. The van der Waals surface area contributed by atoms with Crippen LogP contribution in [-0.2, 0) is 17.6 Å². The summed E-state index contributed by atoms with van der Waals surface area (Å²) in [6.45, 7) is 2.41. The van der Waals surface area contributed by atoms with Gasteiger partial charge < -0.3 is 4.90 Å². The molecule has 0 saturated heterocycles. The Hall–Kier alpha value is -2.68. The Morgan fingerprint density at radius 2 is 1.72 bits per heavy atom. The Morgan fingerprint density at radius 1 is 1.00 bits per heavy atom. The van der Waals surface area contributed by atoms with Crippen LogP contribution in [0.15, 0.2) is 60.8 Å². The highest BCUT2D eigenvalue weighted by molar-refractivity contribution is 5.84. The molecule has 1 aromatic heterocycles. The molecular weight excluding hydrogens is 308 g/mol. The first-order chi connectivity index (χ1) is 12.1. The van der Waals surface area contributed by atoms with Crippen molar-refractivity contribution in [3.8, 4) is 0 Å². The number of aromatic nitrogens is 1. The van der Waals surface area contributed by atoms with Crippen molar-refractivity contribution in [3.63, 3.8) is 0 Å². The average Bonchev–Trinajstić information content (AvgIpc) is 2.63. The van der Waals surface area contributed by atoms with Crippen molar-refractivity contribution < 1.29 is 4.79 Å². The number of carbonyl (C=O) groups is 1. The second-order valence-corrected chi connectivity index (χ2v) is 6.52. The van der Waals surface area contributed by atoms with Crippen LogP contribution >= 0.6 is 0 Å². The molecule has 0 aliphatic rings. The SMILES string of the molecule is CC(=O)N(C)CCCc1ccc(Cc2nccc3ccccc23)cc1. The number of hydrogen-bond acceptors (Lipinski definition) is 2. The zero-order valence-electron chi connectivity index (χ0n) is 14.9. The zero-order valence-corrected chi connectivity index (χ0v) is 14.9. The van der Waals surface area contributed by atoms with E-state index in [9.17, 15) is 4.79 Å². The summed E-state index contributed by atoms with van der Waals surface area (Å²) in [5, 5.41) is 2.46. The Morgan fingerprint density at radius 3 is 2.48 bits per heavy atom. The number of aryl methyl sites for hydroxylation is 1. The minimum atomic E-state index is 0.123. The van der Waals surface area contributed by atoms with E-state index in [4.69, 9.17) is 0 Å². The molecule has 1 amide bonds. The lowest BCUT2D eigenvalue weighted by molar-refractivity contribution is -0.127. The average molecular weight is 332 g/mol. The highest BCUT2D eigenvalue weighted by Gasteiger charge is 2.05. The summed E-state index contributed by atoms with van der Waals surface area (Å²) in [6, 6.07) is 19.2. The molecule has 0 N–H and O–H groups in total. The van der Waals surface area contributed by atoms with E-state index in [1.165, 1.54) is 21.9 Å². The van der Waals surface area contributed by atoms with Crippen molar-refractivity contribution in [2.24, 2.45) is 0 Å². The number of nitrogens with zero attached hydrogens (tertiary/aromatic N) is 2. The quantitative estimate of drug-likeness (QED) is 0.676. The smallest absolute Gasteiger partial charge is 0.219 e. The first kappa shape index (κ1) is 17.2. The second-order valence-electron chi connectivity index (χ2n) is 6.52. The van der Waals surface area contributed by atoms with Crippen molar-refractivity contribution in [1.82, 2.24) is 9.88 Å². The molecule has 128 valence electrons. The number of hydrogen-bond donors (Lipinski definition) is 0. The molecule has 0 fully saturated rings. The lowest BCUT2D eigenvalue weighted by atomic mass is 10.0. The fourth-order valence-corrected chi connectivity index (χ4v) is 3.02. The van der Waals surface area contributed by atoms with Gasteiger partial charge in [0, 0.05) is 38.5 Å². The van der Waals surface area contributed by atoms with Gasteiger partial charge in [-0.25, -0.2) is 0 Å². The third-order valence-electron chi connectivity index (χ3n) is 4.65. The Kier molecular flexibility index (Phi) is 5.44. The Balaban J connectivity index is 1.63. The topological polar surface area (TPSA) is 33.2 Å². The van der Waals surface area contributed by atoms with Crippen LogP contribution in [0.1, 0.15) is 30.2 Å². The molecule has 1 heterocycles. The van der Waals surface area contributed by atoms with Crippen LogP contribution in [0.25, 0.3) is 10.8 Å². The normalized spacial score (nSPS) is 10.8. The highest BCUT2D eigenvalue weighted by atomic mass is 16.2. The number of rotatable bonds is 6. The van der Waals surface area contributed by atoms with Gasteiger partial charge in [0.2, 0.25) is 5.91 Å². The largest absolute Gasteiger partial charge is 0.346 e. The number of amides is 1. The summed E-state index contributed by atoms with van der Waals surface area (Å²) in [5.74, 6) is 0.123. The van der Waals surface area contributed by atoms with Crippen molar-refractivity contribution in [1.29, 1.82) is 0 Å². The third-order valence-corrected chi connectivity index (χ3v) is 4.65. The monoisotopic (exact) mass is 332 g/mol. The summed E-state index contributed by atoms with van der Waals surface area (Å²) in [6.07, 6.45) is 4.71. The molecule has 0 spiro atoms. The van der Waals surface area contributed by atoms with Gasteiger partial charge in [-0.1, -0.05) is 48.5 Å². The van der Waals surface area contributed by atoms with Crippen LogP contribution in [-0.4, -0.2) is 29.4 Å². The molecular formula is C22H24N2O. The molecule has 0 bridgehead atoms. The second kappa shape index (κ2) is 7.93. The molecule has 0 atom stereocenters. The molecule has 0 unspecified atom stereocenters. The predicted molar refractivity (Wildman–Crippen MR) is 103 cm³/mol. The molecule has 0 saturated carbocycles. The van der Waals surface area contributed by atoms with Crippen LogP contribution in [0.2, 0.25) is 0 Å². The number of carbonyl (C=O) groups excluding carboxylic acids is 1. The van der Waals surface area contributed by atoms with Gasteiger partial charge in [-0.3, -0.25) is 9.78 Å². The molecule has 3 rings (SSSR count). The number of benzene rings is 2.